The van der Waals surface area contributed by atoms with E-state index in [9.17, 15) is 0 Å². The molecular formula is C23H20BrOP. The van der Waals surface area contributed by atoms with E-state index in [1.54, 1.807) is 6.26 Å². The van der Waals surface area contributed by atoms with Crippen LogP contribution in [-0.4, -0.2) is 6.66 Å². The second kappa shape index (κ2) is 8.03. The minimum absolute atomic E-state index is 0. The fourth-order valence-electron chi connectivity index (χ4n) is 3.38. The Morgan fingerprint density at radius 2 is 1.15 bits per heavy atom. The normalized spacial score (nSPS) is 11.0. The van der Waals surface area contributed by atoms with Gasteiger partial charge < -0.3 is 21.4 Å². The Bertz CT molecular complexity index is 910. The summed E-state index contributed by atoms with van der Waals surface area (Å²) in [5, 5.41) is 4.10. The largest absolute Gasteiger partial charge is 1.00 e. The third kappa shape index (κ3) is 3.28. The molecule has 0 saturated carbocycles. The summed E-state index contributed by atoms with van der Waals surface area (Å²) in [7, 11) is -1.77. The van der Waals surface area contributed by atoms with Crippen molar-refractivity contribution in [3.63, 3.8) is 0 Å². The summed E-state index contributed by atoms with van der Waals surface area (Å²) in [4.78, 5) is 0. The number of furan rings is 1. The quantitative estimate of drug-likeness (QED) is 0.457. The van der Waals surface area contributed by atoms with Gasteiger partial charge in [-0.05, 0) is 48.5 Å². The number of rotatable bonds is 4. The number of hydrogen-bond acceptors (Lipinski definition) is 1. The van der Waals surface area contributed by atoms with E-state index in [-0.39, 0.29) is 17.0 Å². The maximum absolute atomic E-state index is 5.74. The average Bonchev–Trinajstić information content (AvgIpc) is 3.23. The fraction of sp³-hybridized carbons (Fsp3) is 0.0435. The van der Waals surface area contributed by atoms with Crippen LogP contribution < -0.4 is 32.9 Å². The van der Waals surface area contributed by atoms with Crippen molar-refractivity contribution in [2.75, 3.05) is 6.66 Å². The predicted molar refractivity (Wildman–Crippen MR) is 109 cm³/mol. The first-order valence-corrected chi connectivity index (χ1v) is 10.6. The van der Waals surface area contributed by atoms with Gasteiger partial charge in [-0.25, -0.2) is 0 Å². The van der Waals surface area contributed by atoms with Crippen molar-refractivity contribution in [1.82, 2.24) is 0 Å². The summed E-state index contributed by atoms with van der Waals surface area (Å²) in [6, 6.07) is 34.3. The molecule has 0 spiro atoms. The van der Waals surface area contributed by atoms with Gasteiger partial charge in [0.2, 0.25) is 0 Å². The van der Waals surface area contributed by atoms with Crippen molar-refractivity contribution in [2.24, 2.45) is 0 Å². The molecule has 3 aromatic carbocycles. The lowest BCUT2D eigenvalue weighted by molar-refractivity contribution is -0.00000528. The van der Waals surface area contributed by atoms with E-state index in [2.05, 4.69) is 91.6 Å². The highest BCUT2D eigenvalue weighted by Gasteiger charge is 2.42. The van der Waals surface area contributed by atoms with Gasteiger partial charge in [-0.3, -0.25) is 0 Å². The van der Waals surface area contributed by atoms with Crippen LogP contribution in [0, 0.1) is 0 Å². The number of hydrogen-bond donors (Lipinski definition) is 0. The van der Waals surface area contributed by atoms with E-state index in [0.29, 0.717) is 0 Å². The molecular weight excluding hydrogens is 403 g/mol. The summed E-state index contributed by atoms with van der Waals surface area (Å²) < 4.78 is 5.74. The summed E-state index contributed by atoms with van der Waals surface area (Å²) in [6.07, 6.45) is 1.74. The highest BCUT2D eigenvalue weighted by molar-refractivity contribution is 7.95. The van der Waals surface area contributed by atoms with Crippen molar-refractivity contribution in [1.29, 1.82) is 0 Å². The third-order valence-electron chi connectivity index (χ3n) is 4.72. The Hall–Kier alpha value is -2.15. The highest BCUT2D eigenvalue weighted by atomic mass is 79.9. The molecule has 26 heavy (non-hydrogen) atoms. The number of halogens is 1. The highest BCUT2D eigenvalue weighted by Crippen LogP contribution is 2.53. The van der Waals surface area contributed by atoms with Crippen LogP contribution in [-0.2, 0) is 0 Å². The molecule has 1 aromatic heterocycles. The molecule has 0 unspecified atom stereocenters. The molecule has 0 fully saturated rings. The van der Waals surface area contributed by atoms with Crippen LogP contribution in [0.4, 0.5) is 0 Å². The zero-order valence-corrected chi connectivity index (χ0v) is 17.0. The van der Waals surface area contributed by atoms with E-state index in [1.807, 2.05) is 12.1 Å². The monoisotopic (exact) mass is 422 g/mol. The lowest BCUT2D eigenvalue weighted by Crippen LogP contribution is -3.00. The molecule has 0 aliphatic carbocycles. The molecule has 0 N–H and O–H groups in total. The standard InChI is InChI=1S/C23H20OP.BrH/c1-25(19-11-4-2-5-12-19,20-13-6-3-7-14-20)23-17-9-8-15-21(23)22-16-10-18-24-22;/h2-18H,1H3;1H/q+1;/p-1. The van der Waals surface area contributed by atoms with Crippen LogP contribution in [0.3, 0.4) is 0 Å². The number of benzene rings is 3. The van der Waals surface area contributed by atoms with Gasteiger partial charge in [0.15, 0.2) is 0 Å². The van der Waals surface area contributed by atoms with Crippen molar-refractivity contribution in [3.8, 4) is 11.3 Å². The van der Waals surface area contributed by atoms with Crippen LogP contribution in [0.2, 0.25) is 0 Å². The van der Waals surface area contributed by atoms with Gasteiger partial charge >= 0.3 is 0 Å². The predicted octanol–water partition coefficient (Wildman–Crippen LogP) is 1.87. The van der Waals surface area contributed by atoms with Crippen LogP contribution in [0.5, 0.6) is 0 Å². The van der Waals surface area contributed by atoms with Gasteiger partial charge in [0.1, 0.15) is 28.9 Å². The smallest absolute Gasteiger partial charge is 0.137 e. The summed E-state index contributed by atoms with van der Waals surface area (Å²) in [5.74, 6) is 0.925. The fourth-order valence-corrected chi connectivity index (χ4v) is 6.83. The molecule has 0 amide bonds. The maximum atomic E-state index is 5.74. The minimum atomic E-state index is -1.77. The third-order valence-corrected chi connectivity index (χ3v) is 8.73. The molecule has 1 heterocycles. The molecule has 4 aromatic rings. The van der Waals surface area contributed by atoms with Crippen molar-refractivity contribution < 1.29 is 21.4 Å². The Morgan fingerprint density at radius 3 is 1.69 bits per heavy atom. The van der Waals surface area contributed by atoms with Gasteiger partial charge in [-0.1, -0.05) is 48.5 Å². The van der Waals surface area contributed by atoms with Crippen LogP contribution >= 0.6 is 7.26 Å². The van der Waals surface area contributed by atoms with E-state index >= 15 is 0 Å². The lowest BCUT2D eigenvalue weighted by atomic mass is 10.2. The minimum Gasteiger partial charge on any atom is -1.00 e. The second-order valence-corrected chi connectivity index (χ2v) is 9.70. The van der Waals surface area contributed by atoms with Crippen molar-refractivity contribution >= 4 is 23.2 Å². The molecule has 4 rings (SSSR count). The SMILES string of the molecule is C[P+](c1ccccc1)(c1ccccc1)c1ccccc1-c1ccco1.[Br-]. The molecule has 0 atom stereocenters. The van der Waals surface area contributed by atoms with Crippen LogP contribution in [0.15, 0.2) is 108 Å². The molecule has 0 aliphatic heterocycles. The topological polar surface area (TPSA) is 13.1 Å². The zero-order chi connectivity index (χ0) is 17.1. The first-order chi connectivity index (χ1) is 12.3. The maximum Gasteiger partial charge on any atom is 0.137 e. The summed E-state index contributed by atoms with van der Waals surface area (Å²) in [5.41, 5.74) is 1.18. The lowest BCUT2D eigenvalue weighted by Gasteiger charge is -2.24. The van der Waals surface area contributed by atoms with Gasteiger partial charge in [0.25, 0.3) is 0 Å². The second-order valence-electron chi connectivity index (χ2n) is 6.17. The van der Waals surface area contributed by atoms with Crippen LogP contribution in [0.25, 0.3) is 11.3 Å². The molecule has 0 aliphatic rings. The molecule has 130 valence electrons. The van der Waals surface area contributed by atoms with E-state index in [4.69, 9.17) is 4.42 Å². The molecule has 3 heteroatoms. The van der Waals surface area contributed by atoms with Gasteiger partial charge in [-0.15, -0.1) is 0 Å². The van der Waals surface area contributed by atoms with Gasteiger partial charge in [-0.2, -0.15) is 0 Å². The van der Waals surface area contributed by atoms with Crippen molar-refractivity contribution in [3.05, 3.63) is 103 Å². The molecule has 1 nitrogen and oxygen atoms in total. The van der Waals surface area contributed by atoms with Gasteiger partial charge in [0.05, 0.1) is 18.5 Å². The molecule has 0 radical (unpaired) electrons. The average molecular weight is 423 g/mol. The Labute approximate surface area is 165 Å². The Balaban J connectivity index is 0.00000196. The first-order valence-electron chi connectivity index (χ1n) is 8.41. The van der Waals surface area contributed by atoms with E-state index in [1.165, 1.54) is 21.5 Å². The molecule has 0 saturated heterocycles. The summed E-state index contributed by atoms with van der Waals surface area (Å²) in [6.45, 7) is 2.40. The first kappa shape index (κ1) is 18.6. The molecule has 0 bridgehead atoms. The Morgan fingerprint density at radius 1 is 0.615 bits per heavy atom. The Kier molecular flexibility index (Phi) is 5.76. The van der Waals surface area contributed by atoms with E-state index in [0.717, 1.165) is 5.76 Å². The zero-order valence-electron chi connectivity index (χ0n) is 14.5. The van der Waals surface area contributed by atoms with Crippen LogP contribution in [0.1, 0.15) is 0 Å². The van der Waals surface area contributed by atoms with E-state index < -0.39 is 7.26 Å². The van der Waals surface area contributed by atoms with Gasteiger partial charge in [0, 0.05) is 0 Å². The summed E-state index contributed by atoms with van der Waals surface area (Å²) >= 11 is 0. The van der Waals surface area contributed by atoms with Crippen molar-refractivity contribution in [2.45, 2.75) is 0 Å².